The zero-order chi connectivity index (χ0) is 19.5. The zero-order valence-corrected chi connectivity index (χ0v) is 16.4. The highest BCUT2D eigenvalue weighted by Crippen LogP contribution is 2.33. The average molecular weight is 376 g/mol. The van der Waals surface area contributed by atoms with Gasteiger partial charge in [0.1, 0.15) is 6.61 Å². The average Bonchev–Trinajstić information content (AvgIpc) is 2.58. The molecular weight excluding hydrogens is 344 g/mol. The van der Waals surface area contributed by atoms with Gasteiger partial charge in [-0.3, -0.25) is 9.59 Å². The lowest BCUT2D eigenvalue weighted by atomic mass is 9.83. The molecule has 1 aliphatic heterocycles. The molecule has 2 unspecified atom stereocenters. The van der Waals surface area contributed by atoms with Gasteiger partial charge in [-0.05, 0) is 12.8 Å². The normalized spacial score (nSPS) is 28.6. The molecule has 8 nitrogen and oxygen atoms in total. The summed E-state index contributed by atoms with van der Waals surface area (Å²) in [6, 6.07) is 0. The summed E-state index contributed by atoms with van der Waals surface area (Å²) in [6.45, 7) is 11.0. The predicted molar refractivity (Wildman–Crippen MR) is 92.4 cm³/mol. The molecule has 0 radical (unpaired) electrons. The van der Waals surface area contributed by atoms with Gasteiger partial charge >= 0.3 is 11.9 Å². The molecule has 0 spiro atoms. The number of hydrogen-bond acceptors (Lipinski definition) is 8. The highest BCUT2D eigenvalue weighted by molar-refractivity contribution is 5.66. The van der Waals surface area contributed by atoms with Gasteiger partial charge in [0.05, 0.1) is 32.5 Å². The van der Waals surface area contributed by atoms with Gasteiger partial charge in [-0.25, -0.2) is 0 Å². The maximum atomic E-state index is 11.4. The van der Waals surface area contributed by atoms with Crippen LogP contribution < -0.4 is 0 Å². The fourth-order valence-electron chi connectivity index (χ4n) is 2.73. The molecule has 0 N–H and O–H groups in total. The first-order valence-corrected chi connectivity index (χ1v) is 9.09. The quantitative estimate of drug-likeness (QED) is 0.396. The largest absolute Gasteiger partial charge is 0.463 e. The summed E-state index contributed by atoms with van der Waals surface area (Å²) in [5.41, 5.74) is 0. The number of hydrogen-bond donors (Lipinski definition) is 0. The molecule has 1 aliphatic rings. The molecule has 0 aromatic heterocycles. The van der Waals surface area contributed by atoms with Crippen LogP contribution in [0.15, 0.2) is 0 Å². The second-order valence-corrected chi connectivity index (χ2v) is 6.32. The number of carbonyl (C=O) groups excluding carboxylic acids is 2. The third-order valence-corrected chi connectivity index (χ3v) is 4.35. The van der Waals surface area contributed by atoms with E-state index in [4.69, 9.17) is 28.4 Å². The van der Waals surface area contributed by atoms with E-state index in [1.54, 1.807) is 0 Å². The second-order valence-electron chi connectivity index (χ2n) is 6.32. The first-order chi connectivity index (χ1) is 12.4. The van der Waals surface area contributed by atoms with E-state index < -0.39 is 18.4 Å². The highest BCUT2D eigenvalue weighted by Gasteiger charge is 2.44. The van der Waals surface area contributed by atoms with E-state index in [2.05, 4.69) is 0 Å². The van der Waals surface area contributed by atoms with Gasteiger partial charge in [-0.15, -0.1) is 0 Å². The lowest BCUT2D eigenvalue weighted by Gasteiger charge is -2.43. The molecule has 0 aromatic rings. The Morgan fingerprint density at radius 3 is 2.19 bits per heavy atom. The summed E-state index contributed by atoms with van der Waals surface area (Å²) in [4.78, 5) is 22.5. The lowest BCUT2D eigenvalue weighted by molar-refractivity contribution is -0.282. The highest BCUT2D eigenvalue weighted by atomic mass is 16.7. The molecule has 0 bridgehead atoms. The molecule has 1 heterocycles. The van der Waals surface area contributed by atoms with E-state index in [-0.39, 0.29) is 37.1 Å². The SMILES string of the molecule is CCOCCOCCOC1OC(COC(C)=O)[C@@H](C)[C@H](C)[C@H]1OC(C)=O. The Kier molecular flexibility index (Phi) is 10.7. The Bertz CT molecular complexity index is 425. The smallest absolute Gasteiger partial charge is 0.303 e. The minimum atomic E-state index is -0.735. The van der Waals surface area contributed by atoms with Crippen molar-refractivity contribution in [3.8, 4) is 0 Å². The zero-order valence-electron chi connectivity index (χ0n) is 16.4. The Balaban J connectivity index is 2.56. The van der Waals surface area contributed by atoms with Crippen LogP contribution in [0, 0.1) is 11.8 Å². The lowest BCUT2D eigenvalue weighted by Crippen LogP contribution is -2.53. The first-order valence-electron chi connectivity index (χ1n) is 9.09. The fraction of sp³-hybridized carbons (Fsp3) is 0.889. The number of carbonyl (C=O) groups is 2. The molecule has 152 valence electrons. The van der Waals surface area contributed by atoms with E-state index in [1.165, 1.54) is 13.8 Å². The number of esters is 2. The van der Waals surface area contributed by atoms with Crippen molar-refractivity contribution in [2.24, 2.45) is 11.8 Å². The van der Waals surface area contributed by atoms with Crippen molar-refractivity contribution in [3.05, 3.63) is 0 Å². The Hall–Kier alpha value is -1.22. The summed E-state index contributed by atoms with van der Waals surface area (Å²) in [5, 5.41) is 0. The van der Waals surface area contributed by atoms with Crippen LogP contribution in [0.3, 0.4) is 0 Å². The van der Waals surface area contributed by atoms with E-state index in [1.807, 2.05) is 20.8 Å². The molecular formula is C18H32O8. The molecule has 1 rings (SSSR count). The van der Waals surface area contributed by atoms with Crippen molar-refractivity contribution >= 4 is 11.9 Å². The Morgan fingerprint density at radius 2 is 1.58 bits per heavy atom. The summed E-state index contributed by atoms with van der Waals surface area (Å²) >= 11 is 0. The summed E-state index contributed by atoms with van der Waals surface area (Å²) in [7, 11) is 0. The monoisotopic (exact) mass is 376 g/mol. The van der Waals surface area contributed by atoms with Crippen molar-refractivity contribution < 1.29 is 38.0 Å². The minimum Gasteiger partial charge on any atom is -0.463 e. The predicted octanol–water partition coefficient (Wildman–Crippen LogP) is 1.55. The van der Waals surface area contributed by atoms with Crippen LogP contribution >= 0.6 is 0 Å². The van der Waals surface area contributed by atoms with Gasteiger partial charge < -0.3 is 28.4 Å². The van der Waals surface area contributed by atoms with Crippen molar-refractivity contribution in [2.45, 2.75) is 53.1 Å². The number of rotatable bonds is 11. The Labute approximate surface area is 155 Å². The molecule has 1 fully saturated rings. The summed E-state index contributed by atoms with van der Waals surface area (Å²) in [6.07, 6.45) is -1.59. The maximum Gasteiger partial charge on any atom is 0.303 e. The van der Waals surface area contributed by atoms with Crippen LogP contribution in [-0.2, 0) is 38.0 Å². The van der Waals surface area contributed by atoms with Gasteiger partial charge in [-0.2, -0.15) is 0 Å². The first kappa shape index (κ1) is 22.8. The molecule has 1 saturated heterocycles. The van der Waals surface area contributed by atoms with Gasteiger partial charge in [0.15, 0.2) is 12.4 Å². The van der Waals surface area contributed by atoms with Crippen molar-refractivity contribution in [1.82, 2.24) is 0 Å². The molecule has 0 amide bonds. The molecule has 8 heteroatoms. The molecule has 0 aliphatic carbocycles. The Morgan fingerprint density at radius 1 is 0.923 bits per heavy atom. The van der Waals surface area contributed by atoms with Crippen molar-refractivity contribution in [3.63, 3.8) is 0 Å². The molecule has 5 atom stereocenters. The van der Waals surface area contributed by atoms with Crippen molar-refractivity contribution in [1.29, 1.82) is 0 Å². The fourth-order valence-corrected chi connectivity index (χ4v) is 2.73. The minimum absolute atomic E-state index is 0.0166. The van der Waals surface area contributed by atoms with E-state index in [0.29, 0.717) is 26.4 Å². The molecule has 0 aromatic carbocycles. The topological polar surface area (TPSA) is 89.5 Å². The van der Waals surface area contributed by atoms with Gasteiger partial charge in [0, 0.05) is 26.4 Å². The van der Waals surface area contributed by atoms with Crippen LogP contribution in [0.25, 0.3) is 0 Å². The third-order valence-electron chi connectivity index (χ3n) is 4.35. The van der Waals surface area contributed by atoms with E-state index >= 15 is 0 Å². The van der Waals surface area contributed by atoms with Crippen LogP contribution in [0.1, 0.15) is 34.6 Å². The number of ether oxygens (including phenoxy) is 6. The molecule has 0 saturated carbocycles. The van der Waals surface area contributed by atoms with Crippen molar-refractivity contribution in [2.75, 3.05) is 39.6 Å². The summed E-state index contributed by atoms with van der Waals surface area (Å²) < 4.78 is 32.8. The van der Waals surface area contributed by atoms with Crippen LogP contribution in [0.4, 0.5) is 0 Å². The van der Waals surface area contributed by atoms with Crippen LogP contribution in [0.2, 0.25) is 0 Å². The van der Waals surface area contributed by atoms with Gasteiger partial charge in [0.25, 0.3) is 0 Å². The van der Waals surface area contributed by atoms with Crippen LogP contribution in [-0.4, -0.2) is 70.1 Å². The second kappa shape index (κ2) is 12.2. The molecule has 26 heavy (non-hydrogen) atoms. The third kappa shape index (κ3) is 7.99. The maximum absolute atomic E-state index is 11.4. The van der Waals surface area contributed by atoms with Gasteiger partial charge in [-0.1, -0.05) is 13.8 Å². The summed E-state index contributed by atoms with van der Waals surface area (Å²) in [5.74, 6) is -0.744. The standard InChI is InChI=1S/C18H32O8/c1-6-21-7-8-22-9-10-23-18-17(25-15(5)20)13(3)12(2)16(26-18)11-24-14(4)19/h12-13,16-18H,6-11H2,1-5H3/t12-,13-,16?,17+,18?/m0/s1. The van der Waals surface area contributed by atoms with Crippen LogP contribution in [0.5, 0.6) is 0 Å². The van der Waals surface area contributed by atoms with E-state index in [0.717, 1.165) is 0 Å². The van der Waals surface area contributed by atoms with Gasteiger partial charge in [0.2, 0.25) is 0 Å². The van der Waals surface area contributed by atoms with E-state index in [9.17, 15) is 9.59 Å².